The van der Waals surface area contributed by atoms with Crippen molar-refractivity contribution in [3.05, 3.63) is 33.9 Å². The summed E-state index contributed by atoms with van der Waals surface area (Å²) in [6, 6.07) is 2.32. The van der Waals surface area contributed by atoms with E-state index >= 15 is 0 Å². The van der Waals surface area contributed by atoms with Gasteiger partial charge in [0, 0.05) is 5.33 Å². The fourth-order valence-corrected chi connectivity index (χ4v) is 2.08. The molecule has 0 aromatic heterocycles. The molecule has 0 aliphatic carbocycles. The highest BCUT2D eigenvalue weighted by atomic mass is 79.9. The van der Waals surface area contributed by atoms with Crippen LogP contribution in [0.3, 0.4) is 0 Å². The van der Waals surface area contributed by atoms with Crippen LogP contribution in [0.1, 0.15) is 27.8 Å². The van der Waals surface area contributed by atoms with Gasteiger partial charge in [0.2, 0.25) is 0 Å². The molecule has 0 spiro atoms. The molecule has 0 bridgehead atoms. The lowest BCUT2D eigenvalue weighted by Gasteiger charge is -2.13. The van der Waals surface area contributed by atoms with Crippen molar-refractivity contribution in [2.45, 2.75) is 34.1 Å². The number of aryl methyl sites for hydroxylation is 2. The van der Waals surface area contributed by atoms with Crippen LogP contribution in [0.2, 0.25) is 0 Å². The van der Waals surface area contributed by atoms with Crippen LogP contribution < -0.4 is 0 Å². The molecule has 0 N–H and O–H groups in total. The molecule has 0 aliphatic rings. The van der Waals surface area contributed by atoms with Crippen molar-refractivity contribution >= 4 is 15.9 Å². The predicted molar refractivity (Wildman–Crippen MR) is 62.9 cm³/mol. The normalized spacial score (nSPS) is 10.5. The summed E-state index contributed by atoms with van der Waals surface area (Å²) < 4.78 is 0. The molecule has 0 saturated carbocycles. The Morgan fingerprint density at radius 3 is 2.15 bits per heavy atom. The molecule has 1 aromatic rings. The van der Waals surface area contributed by atoms with Gasteiger partial charge >= 0.3 is 0 Å². The molecule has 0 saturated heterocycles. The molecular formula is C12H17Br. The summed E-state index contributed by atoms with van der Waals surface area (Å²) in [4.78, 5) is 0. The number of halogens is 1. The SMILES string of the molecule is Cc1cc(CCBr)c(C)c(C)c1C. The van der Waals surface area contributed by atoms with Gasteiger partial charge in [-0.15, -0.1) is 0 Å². The van der Waals surface area contributed by atoms with Gasteiger partial charge in [0.15, 0.2) is 0 Å². The van der Waals surface area contributed by atoms with Gasteiger partial charge in [-0.3, -0.25) is 0 Å². The summed E-state index contributed by atoms with van der Waals surface area (Å²) >= 11 is 3.49. The Balaban J connectivity index is 3.24. The van der Waals surface area contributed by atoms with E-state index < -0.39 is 0 Å². The molecule has 1 rings (SSSR count). The lowest BCUT2D eigenvalue weighted by atomic mass is 9.93. The summed E-state index contributed by atoms with van der Waals surface area (Å²) in [6.45, 7) is 8.84. The number of rotatable bonds is 2. The monoisotopic (exact) mass is 240 g/mol. The largest absolute Gasteiger partial charge is 0.0924 e. The number of hydrogen-bond acceptors (Lipinski definition) is 0. The van der Waals surface area contributed by atoms with Crippen LogP contribution >= 0.6 is 15.9 Å². The van der Waals surface area contributed by atoms with Crippen molar-refractivity contribution in [3.8, 4) is 0 Å². The molecule has 72 valence electrons. The molecule has 1 aromatic carbocycles. The van der Waals surface area contributed by atoms with Crippen molar-refractivity contribution in [2.75, 3.05) is 5.33 Å². The van der Waals surface area contributed by atoms with Crippen LogP contribution in [-0.2, 0) is 6.42 Å². The molecule has 0 fully saturated rings. The average Bonchev–Trinajstić information content (AvgIpc) is 2.11. The highest BCUT2D eigenvalue weighted by Gasteiger charge is 2.05. The predicted octanol–water partition coefficient (Wildman–Crippen LogP) is 3.86. The van der Waals surface area contributed by atoms with Gasteiger partial charge in [-0.2, -0.15) is 0 Å². The Labute approximate surface area is 89.5 Å². The molecule has 1 heteroatoms. The zero-order chi connectivity index (χ0) is 10.0. The van der Waals surface area contributed by atoms with Crippen LogP contribution in [0.15, 0.2) is 6.07 Å². The Bertz CT molecular complexity index is 313. The van der Waals surface area contributed by atoms with E-state index in [0.29, 0.717) is 0 Å². The molecule has 0 amide bonds. The smallest absolute Gasteiger partial charge is 0.00719 e. The van der Waals surface area contributed by atoms with E-state index in [1.165, 1.54) is 27.8 Å². The zero-order valence-corrected chi connectivity index (χ0v) is 10.5. The van der Waals surface area contributed by atoms with Crippen LogP contribution in [0, 0.1) is 27.7 Å². The number of hydrogen-bond donors (Lipinski definition) is 0. The summed E-state index contributed by atoms with van der Waals surface area (Å²) in [7, 11) is 0. The summed E-state index contributed by atoms with van der Waals surface area (Å²) in [6.07, 6.45) is 1.13. The quantitative estimate of drug-likeness (QED) is 0.690. The minimum Gasteiger partial charge on any atom is -0.0924 e. The lowest BCUT2D eigenvalue weighted by molar-refractivity contribution is 1.08. The van der Waals surface area contributed by atoms with E-state index in [1.807, 2.05) is 0 Å². The highest BCUT2D eigenvalue weighted by Crippen LogP contribution is 2.21. The van der Waals surface area contributed by atoms with Gasteiger partial charge < -0.3 is 0 Å². The highest BCUT2D eigenvalue weighted by molar-refractivity contribution is 9.09. The summed E-state index contributed by atoms with van der Waals surface area (Å²) in [5.74, 6) is 0. The van der Waals surface area contributed by atoms with Crippen molar-refractivity contribution in [3.63, 3.8) is 0 Å². The second kappa shape index (κ2) is 4.28. The maximum Gasteiger partial charge on any atom is 0.00719 e. The first-order chi connectivity index (χ1) is 6.07. The Kier molecular flexibility index (Phi) is 3.55. The van der Waals surface area contributed by atoms with Gasteiger partial charge in [0.05, 0.1) is 0 Å². The van der Waals surface area contributed by atoms with Gasteiger partial charge in [-0.05, 0) is 61.9 Å². The van der Waals surface area contributed by atoms with E-state index in [4.69, 9.17) is 0 Å². The molecule has 0 radical (unpaired) electrons. The summed E-state index contributed by atoms with van der Waals surface area (Å²) in [5.41, 5.74) is 7.26. The molecule has 0 nitrogen and oxygen atoms in total. The third-order valence-corrected chi connectivity index (χ3v) is 3.35. The van der Waals surface area contributed by atoms with E-state index in [9.17, 15) is 0 Å². The number of benzene rings is 1. The fraction of sp³-hybridized carbons (Fsp3) is 0.500. The summed E-state index contributed by atoms with van der Waals surface area (Å²) in [5, 5.41) is 1.05. The standard InChI is InChI=1S/C12H17Br/c1-8-7-12(5-6-13)11(4)10(3)9(8)2/h7H,5-6H2,1-4H3. The van der Waals surface area contributed by atoms with Crippen LogP contribution in [-0.4, -0.2) is 5.33 Å². The fourth-order valence-electron chi connectivity index (χ4n) is 1.66. The topological polar surface area (TPSA) is 0 Å². The van der Waals surface area contributed by atoms with E-state index in [1.54, 1.807) is 0 Å². The van der Waals surface area contributed by atoms with E-state index in [-0.39, 0.29) is 0 Å². The molecule has 0 aliphatic heterocycles. The van der Waals surface area contributed by atoms with Gasteiger partial charge in [-0.1, -0.05) is 22.0 Å². The van der Waals surface area contributed by atoms with Crippen molar-refractivity contribution in [1.29, 1.82) is 0 Å². The maximum absolute atomic E-state index is 3.49. The van der Waals surface area contributed by atoms with Crippen LogP contribution in [0.5, 0.6) is 0 Å². The van der Waals surface area contributed by atoms with Gasteiger partial charge in [0.25, 0.3) is 0 Å². The first kappa shape index (κ1) is 10.8. The minimum absolute atomic E-state index is 1.05. The number of alkyl halides is 1. The second-order valence-electron chi connectivity index (χ2n) is 3.67. The molecule has 13 heavy (non-hydrogen) atoms. The lowest BCUT2D eigenvalue weighted by Crippen LogP contribution is -1.98. The van der Waals surface area contributed by atoms with Crippen LogP contribution in [0.4, 0.5) is 0 Å². The Morgan fingerprint density at radius 1 is 1.00 bits per heavy atom. The zero-order valence-electron chi connectivity index (χ0n) is 8.87. The first-order valence-corrected chi connectivity index (χ1v) is 5.82. The van der Waals surface area contributed by atoms with Crippen molar-refractivity contribution in [2.24, 2.45) is 0 Å². The average molecular weight is 241 g/mol. The van der Waals surface area contributed by atoms with Crippen LogP contribution in [0.25, 0.3) is 0 Å². The van der Waals surface area contributed by atoms with Gasteiger partial charge in [-0.25, -0.2) is 0 Å². The Hall–Kier alpha value is -0.300. The Morgan fingerprint density at radius 2 is 1.62 bits per heavy atom. The van der Waals surface area contributed by atoms with E-state index in [0.717, 1.165) is 11.8 Å². The first-order valence-electron chi connectivity index (χ1n) is 4.70. The second-order valence-corrected chi connectivity index (χ2v) is 4.46. The third-order valence-electron chi connectivity index (χ3n) is 2.95. The molecule has 0 unspecified atom stereocenters. The molecule has 0 atom stereocenters. The maximum atomic E-state index is 3.49. The van der Waals surface area contributed by atoms with E-state index in [2.05, 4.69) is 49.7 Å². The molecular weight excluding hydrogens is 224 g/mol. The molecule has 0 heterocycles. The minimum atomic E-state index is 1.05. The van der Waals surface area contributed by atoms with Crippen molar-refractivity contribution in [1.82, 2.24) is 0 Å². The van der Waals surface area contributed by atoms with Crippen molar-refractivity contribution < 1.29 is 0 Å². The third kappa shape index (κ3) is 2.14. The van der Waals surface area contributed by atoms with Gasteiger partial charge in [0.1, 0.15) is 0 Å².